The minimum Gasteiger partial charge on any atom is -0.393 e. The van der Waals surface area contributed by atoms with E-state index in [9.17, 15) is 0 Å². The van der Waals surface area contributed by atoms with Crippen LogP contribution in [0.15, 0.2) is 0 Å². The predicted octanol–water partition coefficient (Wildman–Crippen LogP) is -0.0752. The van der Waals surface area contributed by atoms with Crippen LogP contribution in [0.4, 0.5) is 23.3 Å². The van der Waals surface area contributed by atoms with Crippen LogP contribution < -0.4 is 21.3 Å². The van der Waals surface area contributed by atoms with Gasteiger partial charge in [0.25, 0.3) is 0 Å². The van der Waals surface area contributed by atoms with Crippen LogP contribution in [0, 0.1) is 0 Å². The number of nitrogens with zero attached hydrogens (tertiary/aromatic N) is 6. The van der Waals surface area contributed by atoms with Gasteiger partial charge in [0, 0.05) is 39.3 Å². The first-order valence-corrected chi connectivity index (χ1v) is 8.84. The van der Waals surface area contributed by atoms with Gasteiger partial charge in [-0.15, -0.1) is 0 Å². The van der Waals surface area contributed by atoms with Crippen molar-refractivity contribution in [3.63, 3.8) is 0 Å². The molecule has 2 aliphatic heterocycles. The van der Waals surface area contributed by atoms with Crippen LogP contribution in [0.25, 0.3) is 0 Å². The summed E-state index contributed by atoms with van der Waals surface area (Å²) in [5.74, 6) is 1.90. The Kier molecular flexibility index (Phi) is 5.25. The molecule has 0 unspecified atom stereocenters. The van der Waals surface area contributed by atoms with Crippen molar-refractivity contribution in [2.45, 2.75) is 12.8 Å². The van der Waals surface area contributed by atoms with Gasteiger partial charge in [-0.2, -0.15) is 9.97 Å². The molecular formula is C16H30N8. The molecule has 0 aliphatic carbocycles. The normalized spacial score (nSPS) is 21.6. The first kappa shape index (κ1) is 17.0. The number of aromatic nitrogens is 2. The van der Waals surface area contributed by atoms with E-state index in [1.807, 2.05) is 0 Å². The zero-order valence-electron chi connectivity index (χ0n) is 14.9. The van der Waals surface area contributed by atoms with Gasteiger partial charge in [-0.1, -0.05) is 0 Å². The summed E-state index contributed by atoms with van der Waals surface area (Å²) in [6.07, 6.45) is 2.20. The highest BCUT2D eigenvalue weighted by atomic mass is 15.3. The van der Waals surface area contributed by atoms with Crippen LogP contribution in [-0.2, 0) is 0 Å². The van der Waals surface area contributed by atoms with Crippen molar-refractivity contribution >= 4 is 23.3 Å². The predicted molar refractivity (Wildman–Crippen MR) is 99.5 cm³/mol. The molecular weight excluding hydrogens is 304 g/mol. The highest BCUT2D eigenvalue weighted by Gasteiger charge is 2.23. The molecule has 0 aromatic carbocycles. The average Bonchev–Trinajstić information content (AvgIpc) is 2.89. The second kappa shape index (κ2) is 7.40. The van der Waals surface area contributed by atoms with E-state index in [0.29, 0.717) is 11.6 Å². The summed E-state index contributed by atoms with van der Waals surface area (Å²) < 4.78 is 0. The Morgan fingerprint density at radius 3 is 1.58 bits per heavy atom. The lowest BCUT2D eigenvalue weighted by Crippen LogP contribution is -2.33. The van der Waals surface area contributed by atoms with Crippen LogP contribution in [0.2, 0.25) is 0 Å². The van der Waals surface area contributed by atoms with Crippen LogP contribution >= 0.6 is 0 Å². The second-order valence-corrected chi connectivity index (χ2v) is 6.93. The Morgan fingerprint density at radius 1 is 0.667 bits per heavy atom. The van der Waals surface area contributed by atoms with E-state index < -0.39 is 0 Å². The quantitative estimate of drug-likeness (QED) is 0.776. The molecule has 0 spiro atoms. The van der Waals surface area contributed by atoms with Crippen molar-refractivity contribution in [3.8, 4) is 0 Å². The van der Waals surface area contributed by atoms with Crippen molar-refractivity contribution in [1.29, 1.82) is 0 Å². The third-order valence-electron chi connectivity index (χ3n) is 4.96. The van der Waals surface area contributed by atoms with Gasteiger partial charge in [-0.25, -0.2) is 0 Å². The zero-order valence-corrected chi connectivity index (χ0v) is 14.9. The molecule has 3 rings (SSSR count). The lowest BCUT2D eigenvalue weighted by molar-refractivity contribution is 0.360. The standard InChI is InChI=1S/C16H30N8/c1-21-5-3-7-23(11-9-21)14-13(17)15(20-16(18)19-14)24-8-4-6-22(2)10-12-24/h3-12,17H2,1-2H3,(H2,18,19,20). The minimum absolute atomic E-state index is 0.310. The molecule has 8 heteroatoms. The highest BCUT2D eigenvalue weighted by Crippen LogP contribution is 2.31. The summed E-state index contributed by atoms with van der Waals surface area (Å²) >= 11 is 0. The summed E-state index contributed by atoms with van der Waals surface area (Å²) in [7, 11) is 4.31. The van der Waals surface area contributed by atoms with Crippen molar-refractivity contribution in [1.82, 2.24) is 19.8 Å². The zero-order chi connectivity index (χ0) is 17.1. The number of rotatable bonds is 2. The lowest BCUT2D eigenvalue weighted by atomic mass is 10.3. The van der Waals surface area contributed by atoms with Gasteiger partial charge in [-0.3, -0.25) is 0 Å². The van der Waals surface area contributed by atoms with Crippen LogP contribution in [0.5, 0.6) is 0 Å². The molecule has 24 heavy (non-hydrogen) atoms. The summed E-state index contributed by atoms with van der Waals surface area (Å²) in [5, 5.41) is 0. The fourth-order valence-corrected chi connectivity index (χ4v) is 3.46. The van der Waals surface area contributed by atoms with E-state index in [0.717, 1.165) is 76.8 Å². The van der Waals surface area contributed by atoms with E-state index in [2.05, 4.69) is 43.7 Å². The van der Waals surface area contributed by atoms with Gasteiger partial charge in [0.15, 0.2) is 11.6 Å². The molecule has 1 aromatic heterocycles. The Hall–Kier alpha value is -1.80. The maximum Gasteiger partial charge on any atom is 0.224 e. The maximum atomic E-state index is 6.49. The van der Waals surface area contributed by atoms with E-state index in [4.69, 9.17) is 11.5 Å². The number of hydrogen-bond acceptors (Lipinski definition) is 8. The topological polar surface area (TPSA) is 90.8 Å². The lowest BCUT2D eigenvalue weighted by Gasteiger charge is -2.28. The van der Waals surface area contributed by atoms with Crippen molar-refractivity contribution in [3.05, 3.63) is 0 Å². The first-order chi connectivity index (χ1) is 11.5. The van der Waals surface area contributed by atoms with Crippen LogP contribution in [0.1, 0.15) is 12.8 Å². The molecule has 8 nitrogen and oxygen atoms in total. The molecule has 2 fully saturated rings. The number of nitrogens with two attached hydrogens (primary N) is 2. The first-order valence-electron chi connectivity index (χ1n) is 8.84. The minimum atomic E-state index is 0.310. The Labute approximate surface area is 144 Å². The van der Waals surface area contributed by atoms with Crippen LogP contribution in [0.3, 0.4) is 0 Å². The van der Waals surface area contributed by atoms with Crippen molar-refractivity contribution in [2.75, 3.05) is 87.7 Å². The number of likely N-dealkylation sites (N-methyl/N-ethyl adjacent to an activating group) is 2. The van der Waals surface area contributed by atoms with E-state index in [-0.39, 0.29) is 0 Å². The number of hydrogen-bond donors (Lipinski definition) is 2. The monoisotopic (exact) mass is 334 g/mol. The van der Waals surface area contributed by atoms with Gasteiger partial charge in [0.1, 0.15) is 5.69 Å². The number of nitrogen functional groups attached to an aromatic ring is 2. The molecule has 0 atom stereocenters. The third-order valence-corrected chi connectivity index (χ3v) is 4.96. The van der Waals surface area contributed by atoms with Gasteiger partial charge in [0.2, 0.25) is 5.95 Å². The molecule has 0 saturated carbocycles. The fraction of sp³-hybridized carbons (Fsp3) is 0.750. The van der Waals surface area contributed by atoms with Gasteiger partial charge in [0.05, 0.1) is 0 Å². The van der Waals surface area contributed by atoms with Crippen molar-refractivity contribution in [2.24, 2.45) is 0 Å². The molecule has 3 heterocycles. The van der Waals surface area contributed by atoms with Gasteiger partial charge in [-0.05, 0) is 40.0 Å². The van der Waals surface area contributed by atoms with E-state index in [1.54, 1.807) is 0 Å². The molecule has 2 saturated heterocycles. The summed E-state index contributed by atoms with van der Waals surface area (Å²) in [5.41, 5.74) is 13.2. The molecule has 134 valence electrons. The SMILES string of the molecule is CN1CCCN(c2nc(N)nc(N3CCCN(C)CC3)c2N)CC1. The summed E-state index contributed by atoms with van der Waals surface area (Å²) in [4.78, 5) is 18.1. The summed E-state index contributed by atoms with van der Waals surface area (Å²) in [6.45, 7) is 7.95. The Balaban J connectivity index is 1.87. The van der Waals surface area contributed by atoms with Gasteiger partial charge < -0.3 is 31.1 Å². The third kappa shape index (κ3) is 3.81. The molecule has 2 aliphatic rings. The second-order valence-electron chi connectivity index (χ2n) is 6.93. The number of anilines is 4. The van der Waals surface area contributed by atoms with Crippen molar-refractivity contribution < 1.29 is 0 Å². The molecule has 0 bridgehead atoms. The summed E-state index contributed by atoms with van der Waals surface area (Å²) in [6, 6.07) is 0. The fourth-order valence-electron chi connectivity index (χ4n) is 3.46. The van der Waals surface area contributed by atoms with E-state index >= 15 is 0 Å². The molecule has 4 N–H and O–H groups in total. The Morgan fingerprint density at radius 2 is 1.12 bits per heavy atom. The van der Waals surface area contributed by atoms with Crippen LogP contribution in [-0.4, -0.2) is 86.2 Å². The molecule has 0 amide bonds. The maximum absolute atomic E-state index is 6.49. The molecule has 1 aromatic rings. The van der Waals surface area contributed by atoms with E-state index in [1.165, 1.54) is 0 Å². The highest BCUT2D eigenvalue weighted by molar-refractivity contribution is 5.77. The molecule has 0 radical (unpaired) electrons. The van der Waals surface area contributed by atoms with Gasteiger partial charge >= 0.3 is 0 Å². The largest absolute Gasteiger partial charge is 0.393 e. The average molecular weight is 334 g/mol. The smallest absolute Gasteiger partial charge is 0.224 e. The Bertz CT molecular complexity index is 518.